The summed E-state index contributed by atoms with van der Waals surface area (Å²) in [7, 11) is 0. The van der Waals surface area contributed by atoms with E-state index in [4.69, 9.17) is 5.73 Å². The van der Waals surface area contributed by atoms with Gasteiger partial charge in [0.1, 0.15) is 0 Å². The minimum atomic E-state index is 0.504. The van der Waals surface area contributed by atoms with Crippen LogP contribution in [0, 0.1) is 6.92 Å². The van der Waals surface area contributed by atoms with Gasteiger partial charge in [0.15, 0.2) is 0 Å². The lowest BCUT2D eigenvalue weighted by Gasteiger charge is -2.01. The van der Waals surface area contributed by atoms with Crippen molar-refractivity contribution in [3.63, 3.8) is 0 Å². The first-order valence-electron chi connectivity index (χ1n) is 4.35. The van der Waals surface area contributed by atoms with Gasteiger partial charge >= 0.3 is 0 Å². The van der Waals surface area contributed by atoms with Crippen molar-refractivity contribution in [1.29, 1.82) is 0 Å². The average molecular weight is 172 g/mol. The Kier molecular flexibility index (Phi) is 1.99. The summed E-state index contributed by atoms with van der Waals surface area (Å²) in [5, 5.41) is 2.39. The van der Waals surface area contributed by atoms with Crippen LogP contribution in [0.5, 0.6) is 0 Å². The Morgan fingerprint density at radius 3 is 2.85 bits per heavy atom. The van der Waals surface area contributed by atoms with Crippen molar-refractivity contribution >= 4 is 10.8 Å². The molecule has 0 aliphatic heterocycles. The molecule has 2 rings (SSSR count). The Balaban J connectivity index is 2.68. The quantitative estimate of drug-likeness (QED) is 0.714. The molecule has 66 valence electrons. The van der Waals surface area contributed by atoms with Crippen molar-refractivity contribution in [1.82, 2.24) is 4.98 Å². The third-order valence-corrected chi connectivity index (χ3v) is 2.14. The van der Waals surface area contributed by atoms with Gasteiger partial charge in [-0.3, -0.25) is 4.98 Å². The first kappa shape index (κ1) is 8.20. The van der Waals surface area contributed by atoms with Crippen molar-refractivity contribution in [2.45, 2.75) is 13.5 Å². The molecule has 2 heteroatoms. The first-order valence-corrected chi connectivity index (χ1v) is 4.35. The molecule has 0 radical (unpaired) electrons. The second-order valence-electron chi connectivity index (χ2n) is 3.23. The number of nitrogens with zero attached hydrogens (tertiary/aromatic N) is 1. The molecule has 0 saturated carbocycles. The van der Waals surface area contributed by atoms with Crippen LogP contribution in [0.4, 0.5) is 0 Å². The van der Waals surface area contributed by atoms with Gasteiger partial charge in [-0.25, -0.2) is 0 Å². The average Bonchev–Trinajstić information content (AvgIpc) is 2.16. The normalized spacial score (nSPS) is 10.6. The maximum Gasteiger partial charge on any atom is 0.0545 e. The minimum Gasteiger partial charge on any atom is -0.325 e. The van der Waals surface area contributed by atoms with E-state index in [0.29, 0.717) is 6.54 Å². The highest BCUT2D eigenvalue weighted by Crippen LogP contribution is 2.15. The summed E-state index contributed by atoms with van der Waals surface area (Å²) < 4.78 is 0. The molecule has 0 unspecified atom stereocenters. The van der Waals surface area contributed by atoms with E-state index < -0.39 is 0 Å². The predicted octanol–water partition coefficient (Wildman–Crippen LogP) is 2.00. The van der Waals surface area contributed by atoms with Crippen LogP contribution in [0.25, 0.3) is 10.8 Å². The summed E-state index contributed by atoms with van der Waals surface area (Å²) in [6.45, 7) is 2.59. The molecule has 1 aromatic carbocycles. The van der Waals surface area contributed by atoms with Gasteiger partial charge in [0.2, 0.25) is 0 Å². The highest BCUT2D eigenvalue weighted by Gasteiger charge is 1.96. The number of aryl methyl sites for hydroxylation is 1. The van der Waals surface area contributed by atoms with Crippen molar-refractivity contribution in [3.05, 3.63) is 41.7 Å². The number of fused-ring (bicyclic) bond motifs is 1. The van der Waals surface area contributed by atoms with E-state index in [-0.39, 0.29) is 0 Å². The van der Waals surface area contributed by atoms with E-state index in [1.54, 1.807) is 0 Å². The van der Waals surface area contributed by atoms with Gasteiger partial charge in [-0.2, -0.15) is 0 Å². The van der Waals surface area contributed by atoms with Gasteiger partial charge in [0, 0.05) is 18.1 Å². The van der Waals surface area contributed by atoms with Crippen LogP contribution in [0.2, 0.25) is 0 Å². The lowest BCUT2D eigenvalue weighted by Crippen LogP contribution is -1.98. The molecule has 1 heterocycles. The summed E-state index contributed by atoms with van der Waals surface area (Å²) in [6.07, 6.45) is 1.87. The smallest absolute Gasteiger partial charge is 0.0545 e. The molecule has 1 aromatic heterocycles. The Bertz CT molecular complexity index is 435. The zero-order chi connectivity index (χ0) is 9.26. The van der Waals surface area contributed by atoms with E-state index in [0.717, 1.165) is 5.69 Å². The number of hydrogen-bond donors (Lipinski definition) is 1. The third-order valence-electron chi connectivity index (χ3n) is 2.14. The fourth-order valence-electron chi connectivity index (χ4n) is 1.42. The molecule has 0 fully saturated rings. The second-order valence-corrected chi connectivity index (χ2v) is 3.23. The Morgan fingerprint density at radius 1 is 1.23 bits per heavy atom. The zero-order valence-electron chi connectivity index (χ0n) is 7.62. The van der Waals surface area contributed by atoms with Gasteiger partial charge in [-0.15, -0.1) is 0 Å². The van der Waals surface area contributed by atoms with Crippen LogP contribution in [-0.4, -0.2) is 4.98 Å². The number of benzene rings is 1. The lowest BCUT2D eigenvalue weighted by atomic mass is 10.1. The van der Waals surface area contributed by atoms with Gasteiger partial charge < -0.3 is 5.73 Å². The van der Waals surface area contributed by atoms with Crippen LogP contribution in [-0.2, 0) is 6.54 Å². The minimum absolute atomic E-state index is 0.504. The molecule has 0 atom stereocenters. The van der Waals surface area contributed by atoms with Crippen LogP contribution < -0.4 is 5.73 Å². The Morgan fingerprint density at radius 2 is 2.08 bits per heavy atom. The monoisotopic (exact) mass is 172 g/mol. The van der Waals surface area contributed by atoms with Crippen molar-refractivity contribution in [2.24, 2.45) is 5.73 Å². The summed E-state index contributed by atoms with van der Waals surface area (Å²) in [4.78, 5) is 4.23. The molecule has 0 aliphatic rings. The fourth-order valence-corrected chi connectivity index (χ4v) is 1.42. The van der Waals surface area contributed by atoms with E-state index in [1.165, 1.54) is 16.3 Å². The number of nitrogens with two attached hydrogens (primary N) is 1. The highest BCUT2D eigenvalue weighted by molar-refractivity contribution is 5.82. The number of pyridine rings is 1. The number of aromatic nitrogens is 1. The molecular formula is C11H12N2. The largest absolute Gasteiger partial charge is 0.325 e. The van der Waals surface area contributed by atoms with E-state index >= 15 is 0 Å². The molecule has 0 aliphatic carbocycles. The van der Waals surface area contributed by atoms with Crippen LogP contribution in [0.15, 0.2) is 30.5 Å². The predicted molar refractivity (Wildman–Crippen MR) is 54.4 cm³/mol. The molecule has 2 aromatic rings. The van der Waals surface area contributed by atoms with Gasteiger partial charge in [0.25, 0.3) is 0 Å². The summed E-state index contributed by atoms with van der Waals surface area (Å²) in [5.41, 5.74) is 7.72. The molecule has 0 amide bonds. The van der Waals surface area contributed by atoms with Crippen molar-refractivity contribution in [2.75, 3.05) is 0 Å². The highest BCUT2D eigenvalue weighted by atomic mass is 14.7. The lowest BCUT2D eigenvalue weighted by molar-refractivity contribution is 0.998. The Labute approximate surface area is 77.4 Å². The number of hydrogen-bond acceptors (Lipinski definition) is 2. The van der Waals surface area contributed by atoms with E-state index in [2.05, 4.69) is 30.1 Å². The fraction of sp³-hybridized carbons (Fsp3) is 0.182. The summed E-state index contributed by atoms with van der Waals surface area (Å²) >= 11 is 0. The number of rotatable bonds is 1. The summed E-state index contributed by atoms with van der Waals surface area (Å²) in [5.74, 6) is 0. The van der Waals surface area contributed by atoms with Gasteiger partial charge in [-0.05, 0) is 18.4 Å². The maximum atomic E-state index is 5.52. The molecule has 0 spiro atoms. The van der Waals surface area contributed by atoms with Crippen LogP contribution in [0.1, 0.15) is 11.3 Å². The van der Waals surface area contributed by atoms with Crippen LogP contribution >= 0.6 is 0 Å². The molecule has 0 bridgehead atoms. The van der Waals surface area contributed by atoms with Crippen molar-refractivity contribution in [3.8, 4) is 0 Å². The van der Waals surface area contributed by atoms with E-state index in [9.17, 15) is 0 Å². The maximum absolute atomic E-state index is 5.52. The van der Waals surface area contributed by atoms with Gasteiger partial charge in [-0.1, -0.05) is 23.8 Å². The molecule has 13 heavy (non-hydrogen) atoms. The van der Waals surface area contributed by atoms with Crippen LogP contribution in [0.3, 0.4) is 0 Å². The second kappa shape index (κ2) is 3.15. The molecular weight excluding hydrogens is 160 g/mol. The topological polar surface area (TPSA) is 38.9 Å². The summed E-state index contributed by atoms with van der Waals surface area (Å²) in [6, 6.07) is 8.36. The Hall–Kier alpha value is -1.41. The molecule has 2 nitrogen and oxygen atoms in total. The van der Waals surface area contributed by atoms with Crippen molar-refractivity contribution < 1.29 is 0 Å². The van der Waals surface area contributed by atoms with Gasteiger partial charge in [0.05, 0.1) is 5.69 Å². The SMILES string of the molecule is Cc1ccc2cnc(CN)cc2c1. The standard InChI is InChI=1S/C11H12N2/c1-8-2-3-9-7-13-11(6-12)5-10(9)4-8/h2-5,7H,6,12H2,1H3. The molecule has 2 N–H and O–H groups in total. The first-order chi connectivity index (χ1) is 6.29. The zero-order valence-corrected chi connectivity index (χ0v) is 7.62. The van der Waals surface area contributed by atoms with E-state index in [1.807, 2.05) is 12.3 Å². The third kappa shape index (κ3) is 1.53. The molecule has 0 saturated heterocycles.